The molecule has 17 heavy (non-hydrogen) atoms. The molecular weight excluding hydrogens is 282 g/mol. The van der Waals surface area contributed by atoms with Crippen molar-refractivity contribution >= 4 is 40.6 Å². The van der Waals surface area contributed by atoms with Gasteiger partial charge in [-0.1, -0.05) is 40.9 Å². The van der Waals surface area contributed by atoms with Crippen molar-refractivity contribution in [1.82, 2.24) is 9.78 Å². The van der Waals surface area contributed by atoms with Crippen LogP contribution < -0.4 is 0 Å². The van der Waals surface area contributed by atoms with Crippen LogP contribution in [0.5, 0.6) is 0 Å². The molecule has 0 bridgehead atoms. The summed E-state index contributed by atoms with van der Waals surface area (Å²) in [4.78, 5) is 12.2. The Balaban J connectivity index is 2.55. The second-order valence-corrected chi connectivity index (χ2v) is 4.59. The number of rotatable bonds is 2. The van der Waals surface area contributed by atoms with Gasteiger partial charge >= 0.3 is 0 Å². The summed E-state index contributed by atoms with van der Waals surface area (Å²) in [7, 11) is 1.64. The number of hydrogen-bond donors (Lipinski definition) is 0. The summed E-state index contributed by atoms with van der Waals surface area (Å²) in [5, 5.41) is 4.74. The summed E-state index contributed by atoms with van der Waals surface area (Å²) < 4.78 is 1.40. The molecule has 0 N–H and O–H groups in total. The monoisotopic (exact) mass is 288 g/mol. The van der Waals surface area contributed by atoms with Gasteiger partial charge in [0, 0.05) is 12.6 Å². The lowest BCUT2D eigenvalue weighted by Crippen LogP contribution is -2.09. The van der Waals surface area contributed by atoms with Crippen LogP contribution in [-0.4, -0.2) is 15.6 Å². The van der Waals surface area contributed by atoms with Gasteiger partial charge in [0.25, 0.3) is 0 Å². The smallest absolute Gasteiger partial charge is 0.214 e. The third-order valence-corrected chi connectivity index (χ3v) is 3.40. The minimum Gasteiger partial charge on any atom is -0.287 e. The number of carbonyl (C=O) groups is 1. The van der Waals surface area contributed by atoms with Crippen LogP contribution >= 0.6 is 34.8 Å². The lowest BCUT2D eigenvalue weighted by Gasteiger charge is -2.05. The predicted molar refractivity (Wildman–Crippen MR) is 68.1 cm³/mol. The maximum atomic E-state index is 12.2. The average molecular weight is 290 g/mol. The Kier molecular flexibility index (Phi) is 3.43. The van der Waals surface area contributed by atoms with E-state index in [0.29, 0.717) is 10.6 Å². The van der Waals surface area contributed by atoms with Crippen LogP contribution in [-0.2, 0) is 7.05 Å². The maximum absolute atomic E-state index is 12.2. The number of aromatic nitrogens is 2. The zero-order valence-electron chi connectivity index (χ0n) is 8.75. The second kappa shape index (κ2) is 4.69. The van der Waals surface area contributed by atoms with Crippen molar-refractivity contribution < 1.29 is 4.79 Å². The Labute approximate surface area is 113 Å². The summed E-state index contributed by atoms with van der Waals surface area (Å²) in [5.41, 5.74) is 0.598. The first kappa shape index (κ1) is 12.4. The van der Waals surface area contributed by atoms with E-state index in [0.717, 1.165) is 0 Å². The quantitative estimate of drug-likeness (QED) is 0.792. The highest BCUT2D eigenvalue weighted by Crippen LogP contribution is 2.28. The van der Waals surface area contributed by atoms with E-state index < -0.39 is 0 Å². The molecule has 3 nitrogen and oxygen atoms in total. The highest BCUT2D eigenvalue weighted by atomic mass is 35.5. The molecule has 0 saturated carbocycles. The average Bonchev–Trinajstić information content (AvgIpc) is 2.62. The molecule has 0 amide bonds. The minimum absolute atomic E-state index is 0.219. The summed E-state index contributed by atoms with van der Waals surface area (Å²) in [6.45, 7) is 0. The first-order valence-corrected chi connectivity index (χ1v) is 5.82. The van der Waals surface area contributed by atoms with Crippen LogP contribution in [0.4, 0.5) is 0 Å². The zero-order valence-corrected chi connectivity index (χ0v) is 11.0. The molecule has 0 radical (unpaired) electrons. The molecule has 1 aromatic heterocycles. The standard InChI is InChI=1S/C11H7Cl3N2O/c1-16-10(8(13)5-15-16)11(17)6-3-2-4-7(12)9(6)14/h2-5H,1H3. The highest BCUT2D eigenvalue weighted by molar-refractivity contribution is 6.44. The van der Waals surface area contributed by atoms with Crippen molar-refractivity contribution in [2.75, 3.05) is 0 Å². The summed E-state index contributed by atoms with van der Waals surface area (Å²) in [6.07, 6.45) is 1.41. The second-order valence-electron chi connectivity index (χ2n) is 3.40. The van der Waals surface area contributed by atoms with Crippen molar-refractivity contribution in [3.05, 3.63) is 50.7 Å². The molecule has 0 spiro atoms. The fourth-order valence-corrected chi connectivity index (χ4v) is 2.11. The van der Waals surface area contributed by atoms with E-state index in [-0.39, 0.29) is 21.5 Å². The molecule has 1 heterocycles. The number of halogens is 3. The van der Waals surface area contributed by atoms with Gasteiger partial charge in [0.05, 0.1) is 21.3 Å². The number of ketones is 1. The van der Waals surface area contributed by atoms with Crippen LogP contribution in [0.25, 0.3) is 0 Å². The van der Waals surface area contributed by atoms with Crippen LogP contribution in [0.2, 0.25) is 15.1 Å². The topological polar surface area (TPSA) is 34.9 Å². The van der Waals surface area contributed by atoms with Gasteiger partial charge in [-0.05, 0) is 12.1 Å². The van der Waals surface area contributed by atoms with Crippen molar-refractivity contribution in [3.63, 3.8) is 0 Å². The van der Waals surface area contributed by atoms with E-state index in [9.17, 15) is 4.79 Å². The van der Waals surface area contributed by atoms with Gasteiger partial charge in [-0.3, -0.25) is 9.48 Å². The molecule has 0 atom stereocenters. The van der Waals surface area contributed by atoms with Gasteiger partial charge in [0.1, 0.15) is 5.69 Å². The maximum Gasteiger partial charge on any atom is 0.214 e. The third kappa shape index (κ3) is 2.18. The summed E-state index contributed by atoms with van der Waals surface area (Å²) in [6, 6.07) is 4.87. The zero-order chi connectivity index (χ0) is 12.6. The molecule has 88 valence electrons. The minimum atomic E-state index is -0.303. The molecule has 2 aromatic rings. The number of hydrogen-bond acceptors (Lipinski definition) is 2. The third-order valence-electron chi connectivity index (χ3n) is 2.31. The van der Waals surface area contributed by atoms with E-state index in [2.05, 4.69) is 5.10 Å². The van der Waals surface area contributed by atoms with Crippen molar-refractivity contribution in [2.24, 2.45) is 7.05 Å². The molecular formula is C11H7Cl3N2O. The molecule has 6 heteroatoms. The lowest BCUT2D eigenvalue weighted by atomic mass is 10.1. The number of carbonyl (C=O) groups excluding carboxylic acids is 1. The van der Waals surface area contributed by atoms with Gasteiger partial charge in [-0.25, -0.2) is 0 Å². The highest BCUT2D eigenvalue weighted by Gasteiger charge is 2.20. The van der Waals surface area contributed by atoms with E-state index in [1.165, 1.54) is 10.9 Å². The molecule has 0 saturated heterocycles. The first-order chi connectivity index (χ1) is 8.02. The van der Waals surface area contributed by atoms with Gasteiger partial charge < -0.3 is 0 Å². The van der Waals surface area contributed by atoms with Crippen molar-refractivity contribution in [3.8, 4) is 0 Å². The van der Waals surface area contributed by atoms with Crippen molar-refractivity contribution in [1.29, 1.82) is 0 Å². The van der Waals surface area contributed by atoms with Crippen LogP contribution in [0.1, 0.15) is 16.1 Å². The molecule has 2 rings (SSSR count). The van der Waals surface area contributed by atoms with Gasteiger partial charge in [-0.15, -0.1) is 0 Å². The molecule has 0 aliphatic carbocycles. The van der Waals surface area contributed by atoms with E-state index >= 15 is 0 Å². The normalized spacial score (nSPS) is 10.6. The Morgan fingerprint density at radius 3 is 2.53 bits per heavy atom. The predicted octanol–water partition coefficient (Wildman–Crippen LogP) is 3.61. The van der Waals surface area contributed by atoms with Gasteiger partial charge in [-0.2, -0.15) is 5.10 Å². The van der Waals surface area contributed by atoms with Crippen LogP contribution in [0.3, 0.4) is 0 Å². The molecule has 0 unspecified atom stereocenters. The molecule has 0 aliphatic rings. The Morgan fingerprint density at radius 1 is 1.24 bits per heavy atom. The van der Waals surface area contributed by atoms with E-state index in [4.69, 9.17) is 34.8 Å². The first-order valence-electron chi connectivity index (χ1n) is 4.68. The number of nitrogens with zero attached hydrogens (tertiary/aromatic N) is 2. The van der Waals surface area contributed by atoms with Crippen molar-refractivity contribution in [2.45, 2.75) is 0 Å². The molecule has 1 aromatic carbocycles. The fourth-order valence-electron chi connectivity index (χ4n) is 1.47. The Bertz CT molecular complexity index is 573. The van der Waals surface area contributed by atoms with E-state index in [1.54, 1.807) is 25.2 Å². The Hall–Kier alpha value is -1.03. The van der Waals surface area contributed by atoms with Crippen LogP contribution in [0, 0.1) is 0 Å². The molecule has 0 fully saturated rings. The lowest BCUT2D eigenvalue weighted by molar-refractivity contribution is 0.103. The van der Waals surface area contributed by atoms with Gasteiger partial charge in [0.15, 0.2) is 0 Å². The fraction of sp³-hybridized carbons (Fsp3) is 0.0909. The largest absolute Gasteiger partial charge is 0.287 e. The SMILES string of the molecule is Cn1ncc(Cl)c1C(=O)c1cccc(Cl)c1Cl. The van der Waals surface area contributed by atoms with Gasteiger partial charge in [0.2, 0.25) is 5.78 Å². The Morgan fingerprint density at radius 2 is 1.94 bits per heavy atom. The summed E-state index contributed by atoms with van der Waals surface area (Å²) >= 11 is 17.7. The van der Waals surface area contributed by atoms with Crippen LogP contribution in [0.15, 0.2) is 24.4 Å². The number of benzene rings is 1. The number of aryl methyl sites for hydroxylation is 1. The molecule has 0 aliphatic heterocycles. The summed E-state index contributed by atoms with van der Waals surface area (Å²) in [5.74, 6) is -0.303. The van der Waals surface area contributed by atoms with E-state index in [1.807, 2.05) is 0 Å².